The van der Waals surface area contributed by atoms with E-state index in [1.807, 2.05) is 48.2 Å². The van der Waals surface area contributed by atoms with Crippen LogP contribution in [0.25, 0.3) is 0 Å². The number of amides is 1. The highest BCUT2D eigenvalue weighted by Gasteiger charge is 2.30. The third-order valence-corrected chi connectivity index (χ3v) is 10.1. The van der Waals surface area contributed by atoms with Crippen molar-refractivity contribution in [1.29, 1.82) is 0 Å². The molecule has 3 fully saturated rings. The van der Waals surface area contributed by atoms with E-state index in [0.717, 1.165) is 43.0 Å². The molecule has 2 aromatic carbocycles. The molecule has 2 aromatic rings. The lowest BCUT2D eigenvalue weighted by molar-refractivity contribution is 0.0552. The number of piperazine rings is 1. The van der Waals surface area contributed by atoms with Gasteiger partial charge < -0.3 is 9.80 Å². The zero-order chi connectivity index (χ0) is 26.5. The van der Waals surface area contributed by atoms with Gasteiger partial charge in [0.15, 0.2) is 0 Å². The normalized spacial score (nSPS) is 20.9. The van der Waals surface area contributed by atoms with Crippen LogP contribution >= 0.6 is 0 Å². The van der Waals surface area contributed by atoms with Crippen LogP contribution in [0.1, 0.15) is 67.3 Å². The lowest BCUT2D eigenvalue weighted by atomic mass is 10.0. The first-order valence-corrected chi connectivity index (χ1v) is 15.9. The second-order valence-electron chi connectivity index (χ2n) is 11.2. The quantitative estimate of drug-likeness (QED) is 0.551. The molecule has 1 saturated carbocycles. The molecule has 0 unspecified atom stereocenters. The smallest absolute Gasteiger partial charge is 0.256 e. The lowest BCUT2D eigenvalue weighted by Gasteiger charge is -2.40. The van der Waals surface area contributed by atoms with E-state index >= 15 is 0 Å². The van der Waals surface area contributed by atoms with Crippen LogP contribution in [0.4, 0.5) is 5.69 Å². The van der Waals surface area contributed by atoms with E-state index in [1.165, 1.54) is 38.5 Å². The molecule has 0 radical (unpaired) electrons. The van der Waals surface area contributed by atoms with Crippen LogP contribution in [0.3, 0.4) is 0 Å². The molecule has 0 aromatic heterocycles. The molecule has 1 amide bonds. The SMILES string of the molecule is Cc1ccc(S(=O)(=O)NC2CCN(c3ccccc3C(=O)N3CCN(C4CCCCCC4)CC3)CC2)cc1. The Bertz CT molecular complexity index is 1180. The summed E-state index contributed by atoms with van der Waals surface area (Å²) in [6, 6.07) is 15.4. The Morgan fingerprint density at radius 3 is 2.08 bits per heavy atom. The number of piperidine rings is 1. The number of nitrogens with zero attached hydrogens (tertiary/aromatic N) is 3. The zero-order valence-corrected chi connectivity index (χ0v) is 23.5. The molecule has 38 heavy (non-hydrogen) atoms. The van der Waals surface area contributed by atoms with Crippen molar-refractivity contribution < 1.29 is 13.2 Å². The first-order valence-electron chi connectivity index (χ1n) is 14.4. The van der Waals surface area contributed by atoms with Crippen molar-refractivity contribution >= 4 is 21.6 Å². The van der Waals surface area contributed by atoms with Crippen molar-refractivity contribution in [3.8, 4) is 0 Å². The fourth-order valence-electron chi connectivity index (χ4n) is 6.26. The molecule has 1 aliphatic carbocycles. The van der Waals surface area contributed by atoms with Gasteiger partial charge in [0.25, 0.3) is 5.91 Å². The topological polar surface area (TPSA) is 73.0 Å². The second kappa shape index (κ2) is 12.2. The van der Waals surface area contributed by atoms with Crippen LogP contribution in [0, 0.1) is 6.92 Å². The number of benzene rings is 2. The van der Waals surface area contributed by atoms with Crippen LogP contribution < -0.4 is 9.62 Å². The zero-order valence-electron chi connectivity index (χ0n) is 22.6. The molecule has 5 rings (SSSR count). The maximum Gasteiger partial charge on any atom is 0.256 e. The Morgan fingerprint density at radius 1 is 0.789 bits per heavy atom. The monoisotopic (exact) mass is 538 g/mol. The number of hydrogen-bond donors (Lipinski definition) is 1. The Hall–Kier alpha value is -2.42. The van der Waals surface area contributed by atoms with E-state index in [0.29, 0.717) is 36.9 Å². The maximum atomic E-state index is 13.6. The number of rotatable bonds is 6. The molecule has 0 spiro atoms. The highest BCUT2D eigenvalue weighted by Crippen LogP contribution is 2.28. The van der Waals surface area contributed by atoms with Gasteiger partial charge in [0.05, 0.1) is 10.5 Å². The molecule has 3 aliphatic rings. The number of sulfonamides is 1. The molecular formula is C30H42N4O3S. The Kier molecular flexibility index (Phi) is 8.71. The standard InChI is InChI=1S/C30H42N4O3S/c1-24-12-14-27(15-13-24)38(36,37)31-25-16-18-33(19-17-25)29-11-7-6-10-28(29)30(35)34-22-20-32(21-23-34)26-8-4-2-3-5-9-26/h6-7,10-15,25-26,31H,2-5,8-9,16-23H2,1H3. The third-order valence-electron chi connectivity index (χ3n) is 8.57. The largest absolute Gasteiger partial charge is 0.371 e. The summed E-state index contributed by atoms with van der Waals surface area (Å²) in [4.78, 5) is 20.8. The molecule has 2 aliphatic heterocycles. The van der Waals surface area contributed by atoms with Gasteiger partial charge >= 0.3 is 0 Å². The van der Waals surface area contributed by atoms with Gasteiger partial charge in [0.2, 0.25) is 10.0 Å². The van der Waals surface area contributed by atoms with Crippen molar-refractivity contribution in [2.45, 2.75) is 75.3 Å². The predicted molar refractivity (Wildman–Crippen MR) is 152 cm³/mol. The van der Waals surface area contributed by atoms with Gasteiger partial charge in [-0.25, -0.2) is 13.1 Å². The van der Waals surface area contributed by atoms with Crippen LogP contribution in [-0.4, -0.2) is 75.5 Å². The highest BCUT2D eigenvalue weighted by atomic mass is 32.2. The molecule has 7 nitrogen and oxygen atoms in total. The average Bonchev–Trinajstić information content (AvgIpc) is 3.23. The van der Waals surface area contributed by atoms with E-state index in [4.69, 9.17) is 0 Å². The van der Waals surface area contributed by atoms with Gasteiger partial charge in [-0.05, 0) is 56.9 Å². The van der Waals surface area contributed by atoms with Gasteiger partial charge in [-0.1, -0.05) is 55.5 Å². The molecule has 0 atom stereocenters. The number of carbonyl (C=O) groups is 1. The molecule has 2 saturated heterocycles. The third kappa shape index (κ3) is 6.41. The highest BCUT2D eigenvalue weighted by molar-refractivity contribution is 7.89. The summed E-state index contributed by atoms with van der Waals surface area (Å²) < 4.78 is 28.6. The maximum absolute atomic E-state index is 13.6. The fourth-order valence-corrected chi connectivity index (χ4v) is 7.56. The summed E-state index contributed by atoms with van der Waals surface area (Å²) >= 11 is 0. The Labute approximate surface area is 228 Å². The minimum atomic E-state index is -3.54. The van der Waals surface area contributed by atoms with Crippen molar-refractivity contribution in [1.82, 2.24) is 14.5 Å². The minimum absolute atomic E-state index is 0.113. The number of aryl methyl sites for hydroxylation is 1. The van der Waals surface area contributed by atoms with Crippen LogP contribution in [0.15, 0.2) is 53.4 Å². The van der Waals surface area contributed by atoms with E-state index in [-0.39, 0.29) is 11.9 Å². The van der Waals surface area contributed by atoms with Crippen LogP contribution in [0.2, 0.25) is 0 Å². The van der Waals surface area contributed by atoms with Gasteiger partial charge in [0, 0.05) is 57.0 Å². The fraction of sp³-hybridized carbons (Fsp3) is 0.567. The van der Waals surface area contributed by atoms with Crippen molar-refractivity contribution in [2.75, 3.05) is 44.2 Å². The number of nitrogens with one attached hydrogen (secondary N) is 1. The lowest BCUT2D eigenvalue weighted by Crippen LogP contribution is -2.52. The van der Waals surface area contributed by atoms with E-state index < -0.39 is 10.0 Å². The number of para-hydroxylation sites is 1. The van der Waals surface area contributed by atoms with E-state index in [2.05, 4.69) is 14.5 Å². The average molecular weight is 539 g/mol. The summed E-state index contributed by atoms with van der Waals surface area (Å²) in [7, 11) is -3.54. The van der Waals surface area contributed by atoms with E-state index in [9.17, 15) is 13.2 Å². The van der Waals surface area contributed by atoms with Crippen molar-refractivity contribution in [3.05, 3.63) is 59.7 Å². The van der Waals surface area contributed by atoms with E-state index in [1.54, 1.807) is 12.1 Å². The summed E-state index contributed by atoms with van der Waals surface area (Å²) in [5.74, 6) is 0.114. The molecular weight excluding hydrogens is 496 g/mol. The summed E-state index contributed by atoms with van der Waals surface area (Å²) in [6.45, 7) is 6.86. The Morgan fingerprint density at radius 2 is 1.42 bits per heavy atom. The first kappa shape index (κ1) is 27.2. The molecule has 0 bridgehead atoms. The molecule has 1 N–H and O–H groups in total. The Balaban J connectivity index is 1.18. The first-order chi connectivity index (χ1) is 18.4. The van der Waals surface area contributed by atoms with Crippen molar-refractivity contribution in [2.24, 2.45) is 0 Å². The van der Waals surface area contributed by atoms with Crippen LogP contribution in [0.5, 0.6) is 0 Å². The van der Waals surface area contributed by atoms with Gasteiger partial charge in [-0.2, -0.15) is 0 Å². The molecule has 206 valence electrons. The molecule has 8 heteroatoms. The second-order valence-corrected chi connectivity index (χ2v) is 12.9. The van der Waals surface area contributed by atoms with Crippen molar-refractivity contribution in [3.63, 3.8) is 0 Å². The predicted octanol–water partition coefficient (Wildman–Crippen LogP) is 4.42. The number of anilines is 1. The number of hydrogen-bond acceptors (Lipinski definition) is 5. The van der Waals surface area contributed by atoms with Gasteiger partial charge in [-0.3, -0.25) is 9.69 Å². The minimum Gasteiger partial charge on any atom is -0.371 e. The van der Waals surface area contributed by atoms with Crippen LogP contribution in [-0.2, 0) is 10.0 Å². The van der Waals surface area contributed by atoms with Gasteiger partial charge in [-0.15, -0.1) is 0 Å². The summed E-state index contributed by atoms with van der Waals surface area (Å²) in [5, 5.41) is 0. The summed E-state index contributed by atoms with van der Waals surface area (Å²) in [6.07, 6.45) is 9.40. The molecule has 2 heterocycles. The number of carbonyl (C=O) groups excluding carboxylic acids is 1. The summed E-state index contributed by atoms with van der Waals surface area (Å²) in [5.41, 5.74) is 2.75. The van der Waals surface area contributed by atoms with Gasteiger partial charge in [0.1, 0.15) is 0 Å².